The number of nitrogens with one attached hydrogen (secondary N) is 2. The highest BCUT2D eigenvalue weighted by molar-refractivity contribution is 6.34. The quantitative estimate of drug-likeness (QED) is 0.790. The zero-order chi connectivity index (χ0) is 13.8. The molecular weight excluding hydrogens is 268 g/mol. The van der Waals surface area contributed by atoms with Crippen LogP contribution in [0.3, 0.4) is 0 Å². The maximum absolute atomic E-state index is 11.9. The Morgan fingerprint density at radius 3 is 2.89 bits per heavy atom. The molecule has 0 spiro atoms. The fourth-order valence-electron chi connectivity index (χ4n) is 2.20. The van der Waals surface area contributed by atoms with Gasteiger partial charge in [-0.25, -0.2) is 4.79 Å². The first-order valence-electron chi connectivity index (χ1n) is 6.13. The molecule has 1 aliphatic rings. The summed E-state index contributed by atoms with van der Waals surface area (Å²) in [5.41, 5.74) is 0.167. The fourth-order valence-corrected chi connectivity index (χ4v) is 2.46. The molecule has 19 heavy (non-hydrogen) atoms. The zero-order valence-electron chi connectivity index (χ0n) is 10.3. The van der Waals surface area contributed by atoms with Crippen LogP contribution in [0.15, 0.2) is 18.2 Å². The second-order valence-corrected chi connectivity index (χ2v) is 4.92. The molecule has 1 amide bonds. The summed E-state index contributed by atoms with van der Waals surface area (Å²) in [5.74, 6) is -1.36. The maximum Gasteiger partial charge on any atom is 0.339 e. The summed E-state index contributed by atoms with van der Waals surface area (Å²) >= 11 is 5.83. The summed E-state index contributed by atoms with van der Waals surface area (Å²) in [5, 5.41) is 15.0. The van der Waals surface area contributed by atoms with Gasteiger partial charge < -0.3 is 15.7 Å². The van der Waals surface area contributed by atoms with Gasteiger partial charge in [0.1, 0.15) is 5.56 Å². The van der Waals surface area contributed by atoms with Gasteiger partial charge in [0.05, 0.1) is 10.7 Å². The van der Waals surface area contributed by atoms with Crippen LogP contribution in [-0.4, -0.2) is 29.6 Å². The molecule has 1 aromatic carbocycles. The molecule has 1 saturated heterocycles. The molecule has 0 radical (unpaired) electrons. The first-order valence-corrected chi connectivity index (χ1v) is 6.51. The van der Waals surface area contributed by atoms with Crippen molar-refractivity contribution in [3.05, 3.63) is 28.8 Å². The number of rotatable bonds is 4. The number of hydrogen-bond acceptors (Lipinski definition) is 3. The molecule has 1 fully saturated rings. The van der Waals surface area contributed by atoms with Crippen LogP contribution in [0.5, 0.6) is 0 Å². The van der Waals surface area contributed by atoms with Crippen molar-refractivity contribution in [2.75, 3.05) is 11.9 Å². The van der Waals surface area contributed by atoms with Crippen LogP contribution >= 0.6 is 11.6 Å². The smallest absolute Gasteiger partial charge is 0.339 e. The minimum atomic E-state index is -1.15. The fraction of sp³-hybridized carbons (Fsp3) is 0.385. The molecule has 0 aromatic heterocycles. The third-order valence-corrected chi connectivity index (χ3v) is 3.41. The van der Waals surface area contributed by atoms with E-state index in [0.29, 0.717) is 6.42 Å². The molecule has 1 aliphatic heterocycles. The van der Waals surface area contributed by atoms with Gasteiger partial charge in [-0.15, -0.1) is 0 Å². The molecule has 2 rings (SSSR count). The van der Waals surface area contributed by atoms with Crippen molar-refractivity contribution in [1.82, 2.24) is 5.32 Å². The van der Waals surface area contributed by atoms with Crippen molar-refractivity contribution in [3.8, 4) is 0 Å². The summed E-state index contributed by atoms with van der Waals surface area (Å²) in [6.07, 6.45) is 2.37. The van der Waals surface area contributed by atoms with Gasteiger partial charge in [0.15, 0.2) is 0 Å². The second kappa shape index (κ2) is 6.04. The van der Waals surface area contributed by atoms with Crippen molar-refractivity contribution in [2.24, 2.45) is 0 Å². The lowest BCUT2D eigenvalue weighted by atomic mass is 10.1. The Morgan fingerprint density at radius 1 is 1.47 bits per heavy atom. The first-order chi connectivity index (χ1) is 9.08. The van der Waals surface area contributed by atoms with Gasteiger partial charge in [-0.1, -0.05) is 17.7 Å². The molecule has 1 aromatic rings. The van der Waals surface area contributed by atoms with E-state index in [0.717, 1.165) is 19.4 Å². The van der Waals surface area contributed by atoms with Gasteiger partial charge in [-0.3, -0.25) is 4.79 Å². The summed E-state index contributed by atoms with van der Waals surface area (Å²) in [4.78, 5) is 23.0. The zero-order valence-corrected chi connectivity index (χ0v) is 11.0. The van der Waals surface area contributed by atoms with Crippen LogP contribution in [0.1, 0.15) is 29.6 Å². The Bertz CT molecular complexity index is 499. The monoisotopic (exact) mass is 282 g/mol. The van der Waals surface area contributed by atoms with Gasteiger partial charge in [0.2, 0.25) is 5.91 Å². The van der Waals surface area contributed by atoms with Gasteiger partial charge in [0, 0.05) is 12.5 Å². The van der Waals surface area contributed by atoms with Crippen molar-refractivity contribution in [2.45, 2.75) is 25.3 Å². The van der Waals surface area contributed by atoms with Crippen LogP contribution < -0.4 is 10.6 Å². The highest BCUT2D eigenvalue weighted by Crippen LogP contribution is 2.24. The SMILES string of the molecule is O=C(CC1CCCN1)Nc1cccc(Cl)c1C(=O)O. The Kier molecular flexibility index (Phi) is 4.39. The maximum atomic E-state index is 11.9. The normalized spacial score (nSPS) is 18.3. The van der Waals surface area contributed by atoms with E-state index in [-0.39, 0.29) is 28.2 Å². The number of halogens is 1. The lowest BCUT2D eigenvalue weighted by molar-refractivity contribution is -0.116. The van der Waals surface area contributed by atoms with Crippen LogP contribution in [-0.2, 0) is 4.79 Å². The third-order valence-electron chi connectivity index (χ3n) is 3.10. The molecular formula is C13H15ClN2O3. The third kappa shape index (κ3) is 3.45. The Labute approximate surface area is 116 Å². The van der Waals surface area contributed by atoms with E-state index in [2.05, 4.69) is 10.6 Å². The number of carbonyl (C=O) groups excluding carboxylic acids is 1. The number of anilines is 1. The Morgan fingerprint density at radius 2 is 2.26 bits per heavy atom. The topological polar surface area (TPSA) is 78.4 Å². The van der Waals surface area contributed by atoms with E-state index in [9.17, 15) is 9.59 Å². The number of carboxylic acids is 1. The standard InChI is InChI=1S/C13H15ClN2O3/c14-9-4-1-5-10(12(9)13(18)19)16-11(17)7-8-3-2-6-15-8/h1,4-5,8,15H,2-3,6-7H2,(H,16,17)(H,18,19). The highest BCUT2D eigenvalue weighted by atomic mass is 35.5. The minimum absolute atomic E-state index is 0.0723. The van der Waals surface area contributed by atoms with Crippen molar-refractivity contribution >= 4 is 29.2 Å². The summed E-state index contributed by atoms with van der Waals surface area (Å²) in [6.45, 7) is 0.926. The summed E-state index contributed by atoms with van der Waals surface area (Å²) in [6, 6.07) is 4.81. The highest BCUT2D eigenvalue weighted by Gasteiger charge is 2.20. The van der Waals surface area contributed by atoms with Crippen LogP contribution in [0.2, 0.25) is 5.02 Å². The number of hydrogen-bond donors (Lipinski definition) is 3. The number of benzene rings is 1. The lowest BCUT2D eigenvalue weighted by Gasteiger charge is -2.12. The van der Waals surface area contributed by atoms with E-state index in [1.54, 1.807) is 6.07 Å². The molecule has 6 heteroatoms. The van der Waals surface area contributed by atoms with Crippen molar-refractivity contribution in [1.29, 1.82) is 0 Å². The first kappa shape index (κ1) is 13.8. The molecule has 0 bridgehead atoms. The van der Waals surface area contributed by atoms with Crippen molar-refractivity contribution in [3.63, 3.8) is 0 Å². The lowest BCUT2D eigenvalue weighted by Crippen LogP contribution is -2.27. The molecule has 1 unspecified atom stereocenters. The van der Waals surface area contributed by atoms with E-state index < -0.39 is 5.97 Å². The number of aromatic carboxylic acids is 1. The van der Waals surface area contributed by atoms with E-state index in [1.165, 1.54) is 12.1 Å². The van der Waals surface area contributed by atoms with Gasteiger partial charge >= 0.3 is 5.97 Å². The van der Waals surface area contributed by atoms with E-state index >= 15 is 0 Å². The average molecular weight is 283 g/mol. The van der Waals surface area contributed by atoms with E-state index in [4.69, 9.17) is 16.7 Å². The minimum Gasteiger partial charge on any atom is -0.478 e. The van der Waals surface area contributed by atoms with Gasteiger partial charge in [-0.05, 0) is 31.5 Å². The van der Waals surface area contributed by atoms with Gasteiger partial charge in [-0.2, -0.15) is 0 Å². The molecule has 102 valence electrons. The molecule has 0 saturated carbocycles. The Hall–Kier alpha value is -1.59. The average Bonchev–Trinajstić information content (AvgIpc) is 2.81. The molecule has 0 aliphatic carbocycles. The number of carbonyl (C=O) groups is 2. The molecule has 1 atom stereocenters. The molecule has 1 heterocycles. The molecule has 3 N–H and O–H groups in total. The summed E-state index contributed by atoms with van der Waals surface area (Å²) in [7, 11) is 0. The predicted octanol–water partition coefficient (Wildman–Crippen LogP) is 2.12. The largest absolute Gasteiger partial charge is 0.478 e. The number of amides is 1. The van der Waals surface area contributed by atoms with Crippen LogP contribution in [0.25, 0.3) is 0 Å². The van der Waals surface area contributed by atoms with Crippen LogP contribution in [0, 0.1) is 0 Å². The second-order valence-electron chi connectivity index (χ2n) is 4.51. The van der Waals surface area contributed by atoms with Crippen LogP contribution in [0.4, 0.5) is 5.69 Å². The van der Waals surface area contributed by atoms with Crippen molar-refractivity contribution < 1.29 is 14.7 Å². The van der Waals surface area contributed by atoms with E-state index in [1.807, 2.05) is 0 Å². The number of carboxylic acid groups (broad SMARTS) is 1. The summed E-state index contributed by atoms with van der Waals surface area (Å²) < 4.78 is 0. The predicted molar refractivity (Wildman–Crippen MR) is 72.7 cm³/mol. The molecule has 5 nitrogen and oxygen atoms in total. The Balaban J connectivity index is 2.07. The van der Waals surface area contributed by atoms with Gasteiger partial charge in [0.25, 0.3) is 0 Å².